The third-order valence-corrected chi connectivity index (χ3v) is 7.36. The van der Waals surface area contributed by atoms with Gasteiger partial charge in [0.05, 0.1) is 21.5 Å². The van der Waals surface area contributed by atoms with Crippen molar-refractivity contribution in [3.8, 4) is 11.8 Å². The maximum atomic E-state index is 13.0. The van der Waals surface area contributed by atoms with Crippen LogP contribution in [0.3, 0.4) is 0 Å². The highest BCUT2D eigenvalue weighted by molar-refractivity contribution is 6.42. The number of hydrogen-bond acceptors (Lipinski definition) is 4. The van der Waals surface area contributed by atoms with Crippen LogP contribution in [0.4, 0.5) is 4.39 Å². The van der Waals surface area contributed by atoms with Crippen LogP contribution < -0.4 is 4.74 Å². The van der Waals surface area contributed by atoms with Crippen LogP contribution >= 0.6 is 23.2 Å². The Morgan fingerprint density at radius 1 is 1.00 bits per heavy atom. The fourth-order valence-corrected chi connectivity index (χ4v) is 4.73. The van der Waals surface area contributed by atoms with Crippen LogP contribution in [0.5, 0.6) is 5.75 Å². The Balaban J connectivity index is 1.44. The highest BCUT2D eigenvalue weighted by Gasteiger charge is 2.36. The molecule has 1 heterocycles. The minimum absolute atomic E-state index is 0.165. The lowest BCUT2D eigenvalue weighted by atomic mass is 9.70. The number of rotatable bonds is 10. The minimum Gasteiger partial charge on any atom is -0.492 e. The van der Waals surface area contributed by atoms with Crippen LogP contribution in [0, 0.1) is 23.1 Å². The van der Waals surface area contributed by atoms with Crippen molar-refractivity contribution < 1.29 is 9.13 Å². The quantitative estimate of drug-likeness (QED) is 0.406. The van der Waals surface area contributed by atoms with Crippen molar-refractivity contribution in [2.24, 2.45) is 5.92 Å². The van der Waals surface area contributed by atoms with E-state index in [0.29, 0.717) is 22.4 Å². The van der Waals surface area contributed by atoms with Gasteiger partial charge in [-0.15, -0.1) is 0 Å². The third kappa shape index (κ3) is 6.83. The molecule has 1 saturated heterocycles. The van der Waals surface area contributed by atoms with Crippen molar-refractivity contribution in [2.75, 3.05) is 45.9 Å². The Morgan fingerprint density at radius 2 is 1.64 bits per heavy atom. The predicted octanol–water partition coefficient (Wildman–Crippen LogP) is 6.03. The molecule has 0 spiro atoms. The molecule has 0 amide bonds. The molecule has 1 unspecified atom stereocenters. The molecule has 4 nitrogen and oxygen atoms in total. The third-order valence-electron chi connectivity index (χ3n) is 6.62. The first-order valence-electron chi connectivity index (χ1n) is 11.5. The normalized spacial score (nSPS) is 17.0. The van der Waals surface area contributed by atoms with Gasteiger partial charge in [0, 0.05) is 32.7 Å². The first-order valence-corrected chi connectivity index (χ1v) is 12.3. The van der Waals surface area contributed by atoms with E-state index >= 15 is 0 Å². The summed E-state index contributed by atoms with van der Waals surface area (Å²) >= 11 is 12.3. The SMILES string of the molecule is CC(C)C(C#N)(CCCN1CCN(CCOc2ccc(F)cc2)CC1)c1ccc(Cl)c(Cl)c1. The van der Waals surface area contributed by atoms with Gasteiger partial charge in [0.15, 0.2) is 0 Å². The Bertz CT molecular complexity index is 940. The fourth-order valence-electron chi connectivity index (χ4n) is 4.43. The zero-order chi connectivity index (χ0) is 23.8. The molecule has 178 valence electrons. The van der Waals surface area contributed by atoms with Gasteiger partial charge in [-0.2, -0.15) is 5.26 Å². The Morgan fingerprint density at radius 3 is 2.21 bits per heavy atom. The van der Waals surface area contributed by atoms with Crippen molar-refractivity contribution >= 4 is 23.2 Å². The van der Waals surface area contributed by atoms with E-state index in [1.54, 1.807) is 18.2 Å². The maximum Gasteiger partial charge on any atom is 0.123 e. The van der Waals surface area contributed by atoms with Crippen LogP contribution in [0.25, 0.3) is 0 Å². The van der Waals surface area contributed by atoms with Crippen molar-refractivity contribution in [1.29, 1.82) is 5.26 Å². The van der Waals surface area contributed by atoms with Gasteiger partial charge in [0.2, 0.25) is 0 Å². The zero-order valence-corrected chi connectivity index (χ0v) is 20.9. The highest BCUT2D eigenvalue weighted by atomic mass is 35.5. The molecule has 2 aromatic carbocycles. The smallest absolute Gasteiger partial charge is 0.123 e. The minimum atomic E-state index is -0.576. The lowest BCUT2D eigenvalue weighted by Crippen LogP contribution is -2.47. The second-order valence-electron chi connectivity index (χ2n) is 8.96. The summed E-state index contributed by atoms with van der Waals surface area (Å²) in [5, 5.41) is 11.1. The maximum absolute atomic E-state index is 13.0. The second kappa shape index (κ2) is 12.0. The van der Waals surface area contributed by atoms with E-state index in [4.69, 9.17) is 27.9 Å². The summed E-state index contributed by atoms with van der Waals surface area (Å²) < 4.78 is 18.7. The molecule has 1 aliphatic heterocycles. The van der Waals surface area contributed by atoms with Crippen molar-refractivity contribution in [3.63, 3.8) is 0 Å². The van der Waals surface area contributed by atoms with Gasteiger partial charge >= 0.3 is 0 Å². The Kier molecular flexibility index (Phi) is 9.40. The molecule has 0 bridgehead atoms. The van der Waals surface area contributed by atoms with E-state index in [-0.39, 0.29) is 11.7 Å². The predicted molar refractivity (Wildman–Crippen MR) is 133 cm³/mol. The first kappa shape index (κ1) is 25.8. The van der Waals surface area contributed by atoms with Gasteiger partial charge in [0.1, 0.15) is 18.2 Å². The van der Waals surface area contributed by atoms with E-state index in [0.717, 1.165) is 57.7 Å². The molecule has 0 aromatic heterocycles. The van der Waals surface area contributed by atoms with Gasteiger partial charge in [0.25, 0.3) is 0 Å². The Labute approximate surface area is 206 Å². The second-order valence-corrected chi connectivity index (χ2v) is 9.77. The van der Waals surface area contributed by atoms with E-state index < -0.39 is 5.41 Å². The van der Waals surface area contributed by atoms with Gasteiger partial charge in [-0.3, -0.25) is 4.90 Å². The van der Waals surface area contributed by atoms with Crippen LogP contribution in [0.2, 0.25) is 10.0 Å². The summed E-state index contributed by atoms with van der Waals surface area (Å²) in [6, 6.07) is 14.3. The summed E-state index contributed by atoms with van der Waals surface area (Å²) in [5.41, 5.74) is 0.369. The number of halogens is 3. The molecule has 0 aliphatic carbocycles. The summed E-state index contributed by atoms with van der Waals surface area (Å²) in [5.74, 6) is 0.608. The Hall–Kier alpha value is -1.84. The van der Waals surface area contributed by atoms with Gasteiger partial charge in [-0.25, -0.2) is 4.39 Å². The summed E-state index contributed by atoms with van der Waals surface area (Å²) in [7, 11) is 0. The van der Waals surface area contributed by atoms with Crippen LogP contribution in [-0.2, 0) is 5.41 Å². The number of benzene rings is 2. The van der Waals surface area contributed by atoms with E-state index in [2.05, 4.69) is 29.7 Å². The lowest BCUT2D eigenvalue weighted by molar-refractivity contribution is 0.114. The molecule has 3 rings (SSSR count). The molecule has 2 aromatic rings. The van der Waals surface area contributed by atoms with E-state index in [9.17, 15) is 9.65 Å². The molecule has 1 fully saturated rings. The number of hydrogen-bond donors (Lipinski definition) is 0. The van der Waals surface area contributed by atoms with Crippen molar-refractivity contribution in [3.05, 3.63) is 63.9 Å². The molecule has 0 radical (unpaired) electrons. The molecule has 1 atom stereocenters. The largest absolute Gasteiger partial charge is 0.492 e. The summed E-state index contributed by atoms with van der Waals surface area (Å²) in [6.45, 7) is 10.6. The summed E-state index contributed by atoms with van der Waals surface area (Å²) in [6.07, 6.45) is 1.73. The molecule has 33 heavy (non-hydrogen) atoms. The molecule has 0 saturated carbocycles. The molecule has 7 heteroatoms. The number of nitriles is 1. The number of ether oxygens (including phenoxy) is 1. The number of piperazine rings is 1. The molecular weight excluding hydrogens is 460 g/mol. The van der Waals surface area contributed by atoms with Crippen LogP contribution in [0.15, 0.2) is 42.5 Å². The van der Waals surface area contributed by atoms with Crippen LogP contribution in [0.1, 0.15) is 32.3 Å². The molecule has 1 aliphatic rings. The average Bonchev–Trinajstić information content (AvgIpc) is 2.81. The molecule has 0 N–H and O–H groups in total. The average molecular weight is 492 g/mol. The molecular formula is C26H32Cl2FN3O. The highest BCUT2D eigenvalue weighted by Crippen LogP contribution is 2.39. The van der Waals surface area contributed by atoms with Crippen LogP contribution in [-0.4, -0.2) is 55.7 Å². The van der Waals surface area contributed by atoms with Crippen molar-refractivity contribution in [1.82, 2.24) is 9.80 Å². The number of nitrogens with zero attached hydrogens (tertiary/aromatic N) is 3. The van der Waals surface area contributed by atoms with Gasteiger partial charge < -0.3 is 9.64 Å². The first-order chi connectivity index (χ1) is 15.8. The van der Waals surface area contributed by atoms with Gasteiger partial charge in [-0.05, 0) is 67.3 Å². The van der Waals surface area contributed by atoms with E-state index in [1.807, 2.05) is 12.1 Å². The van der Waals surface area contributed by atoms with Gasteiger partial charge in [-0.1, -0.05) is 43.1 Å². The topological polar surface area (TPSA) is 39.5 Å². The summed E-state index contributed by atoms with van der Waals surface area (Å²) in [4.78, 5) is 4.86. The standard InChI is InChI=1S/C26H32Cl2FN3O/c1-20(2)26(19-30,21-4-9-24(27)25(28)18-21)10-3-11-31-12-14-32(15-13-31)16-17-33-23-7-5-22(29)6-8-23/h4-9,18,20H,3,10-17H2,1-2H3. The van der Waals surface area contributed by atoms with Crippen molar-refractivity contribution in [2.45, 2.75) is 32.1 Å². The lowest BCUT2D eigenvalue weighted by Gasteiger charge is -2.36. The monoisotopic (exact) mass is 491 g/mol. The van der Waals surface area contributed by atoms with E-state index in [1.165, 1.54) is 12.1 Å². The fraction of sp³-hybridized carbons (Fsp3) is 0.500. The zero-order valence-electron chi connectivity index (χ0n) is 19.4.